The van der Waals surface area contributed by atoms with Crippen molar-refractivity contribution in [1.29, 1.82) is 0 Å². The van der Waals surface area contributed by atoms with Crippen LogP contribution in [0, 0.1) is 5.82 Å². The third-order valence-electron chi connectivity index (χ3n) is 5.20. The lowest BCUT2D eigenvalue weighted by Gasteiger charge is -2.37. The van der Waals surface area contributed by atoms with Crippen molar-refractivity contribution in [3.8, 4) is 0 Å². The Kier molecular flexibility index (Phi) is 6.67. The van der Waals surface area contributed by atoms with Gasteiger partial charge in [-0.25, -0.2) is 4.79 Å². The summed E-state index contributed by atoms with van der Waals surface area (Å²) in [5.41, 5.74) is -1.06. The maximum atomic E-state index is 13.7. The van der Waals surface area contributed by atoms with Crippen LogP contribution in [-0.4, -0.2) is 42.4 Å². The van der Waals surface area contributed by atoms with Crippen molar-refractivity contribution in [2.45, 2.75) is 77.6 Å². The van der Waals surface area contributed by atoms with Crippen LogP contribution < -0.4 is 11.2 Å². The van der Waals surface area contributed by atoms with Crippen LogP contribution in [-0.2, 0) is 14.0 Å². The zero-order chi connectivity index (χ0) is 21.3. The molecule has 1 unspecified atom stereocenters. The molecule has 2 rings (SSSR count). The van der Waals surface area contributed by atoms with Gasteiger partial charge in [0.25, 0.3) is 5.56 Å². The van der Waals surface area contributed by atoms with Crippen LogP contribution >= 0.6 is 0 Å². The van der Waals surface area contributed by atoms with E-state index in [1.54, 1.807) is 13.8 Å². The number of hydrogen-bond acceptors (Lipinski definition) is 6. The van der Waals surface area contributed by atoms with Crippen LogP contribution in [0.1, 0.15) is 47.3 Å². The van der Waals surface area contributed by atoms with Gasteiger partial charge in [0.05, 0.1) is 18.5 Å². The van der Waals surface area contributed by atoms with Crippen LogP contribution in [0.15, 0.2) is 20.9 Å². The van der Waals surface area contributed by atoms with E-state index in [2.05, 4.69) is 39.0 Å². The molecule has 0 saturated carbocycles. The molecule has 28 heavy (non-hydrogen) atoms. The first-order valence-electron chi connectivity index (χ1n) is 9.29. The summed E-state index contributed by atoms with van der Waals surface area (Å²) in [6.45, 7) is 14.6. The molecule has 0 aromatic carbocycles. The number of halogens is 1. The van der Waals surface area contributed by atoms with Crippen molar-refractivity contribution in [1.82, 2.24) is 9.55 Å². The Labute approximate surface area is 164 Å². The molecule has 10 heteroatoms. The zero-order valence-corrected chi connectivity index (χ0v) is 18.5. The van der Waals surface area contributed by atoms with Crippen molar-refractivity contribution < 1.29 is 18.4 Å². The van der Waals surface area contributed by atoms with Crippen molar-refractivity contribution in [3.05, 3.63) is 32.9 Å². The summed E-state index contributed by atoms with van der Waals surface area (Å²) in [4.78, 5) is 30.9. The van der Waals surface area contributed by atoms with E-state index in [9.17, 15) is 14.0 Å². The monoisotopic (exact) mass is 415 g/mol. The summed E-state index contributed by atoms with van der Waals surface area (Å²) in [5.74, 6) is -1.05. The van der Waals surface area contributed by atoms with Crippen LogP contribution in [0.4, 0.5) is 4.39 Å². The Hall–Kier alpha value is -1.78. The number of nitrogens with one attached hydrogen (secondary N) is 1. The van der Waals surface area contributed by atoms with Crippen molar-refractivity contribution in [2.24, 2.45) is 5.16 Å². The van der Waals surface area contributed by atoms with Gasteiger partial charge in [-0.15, -0.1) is 0 Å². The summed E-state index contributed by atoms with van der Waals surface area (Å²) in [6.07, 6.45) is -0.609. The molecule has 1 saturated heterocycles. The van der Waals surface area contributed by atoms with Crippen molar-refractivity contribution >= 4 is 14.0 Å². The third-order valence-corrected chi connectivity index (χ3v) is 9.70. The highest BCUT2D eigenvalue weighted by Crippen LogP contribution is 2.38. The predicted octanol–water partition coefficient (Wildman–Crippen LogP) is 2.77. The fraction of sp³-hybridized carbons (Fsp3) is 0.722. The van der Waals surface area contributed by atoms with E-state index < -0.39 is 43.8 Å². The second-order valence-electron chi connectivity index (χ2n) is 8.76. The van der Waals surface area contributed by atoms with E-state index in [4.69, 9.17) is 14.0 Å². The Morgan fingerprint density at radius 3 is 2.61 bits per heavy atom. The number of rotatable bonds is 6. The minimum absolute atomic E-state index is 0.0263. The predicted molar refractivity (Wildman–Crippen MR) is 107 cm³/mol. The Morgan fingerprint density at radius 1 is 1.39 bits per heavy atom. The number of hydrogen-bond donors (Lipinski definition) is 1. The normalized spacial score (nSPS) is 22.9. The second-order valence-corrected chi connectivity index (χ2v) is 13.6. The van der Waals surface area contributed by atoms with Gasteiger partial charge in [-0.1, -0.05) is 25.9 Å². The van der Waals surface area contributed by atoms with Crippen LogP contribution in [0.25, 0.3) is 0 Å². The summed E-state index contributed by atoms with van der Waals surface area (Å²) < 4.78 is 26.9. The fourth-order valence-electron chi connectivity index (χ4n) is 2.49. The van der Waals surface area contributed by atoms with Gasteiger partial charge in [0.15, 0.2) is 14.4 Å². The average Bonchev–Trinajstić information content (AvgIpc) is 2.96. The molecule has 0 amide bonds. The molecule has 3 atom stereocenters. The zero-order valence-electron chi connectivity index (χ0n) is 17.5. The molecule has 1 aromatic heterocycles. The van der Waals surface area contributed by atoms with E-state index in [-0.39, 0.29) is 18.1 Å². The summed E-state index contributed by atoms with van der Waals surface area (Å²) in [6, 6.07) is 0. The van der Waals surface area contributed by atoms with E-state index in [0.717, 1.165) is 16.5 Å². The molecular weight excluding hydrogens is 385 g/mol. The lowest BCUT2D eigenvalue weighted by Crippen LogP contribution is -2.44. The van der Waals surface area contributed by atoms with E-state index in [1.807, 2.05) is 4.98 Å². The van der Waals surface area contributed by atoms with Gasteiger partial charge in [-0.3, -0.25) is 14.3 Å². The molecule has 158 valence electrons. The Morgan fingerprint density at radius 2 is 2.04 bits per heavy atom. The lowest BCUT2D eigenvalue weighted by atomic mass is 10.2. The van der Waals surface area contributed by atoms with Gasteiger partial charge < -0.3 is 14.0 Å². The molecule has 1 aliphatic heterocycles. The van der Waals surface area contributed by atoms with Gasteiger partial charge in [-0.05, 0) is 32.0 Å². The quantitative estimate of drug-likeness (QED) is 0.438. The average molecular weight is 416 g/mol. The number of H-pyrrole nitrogens is 1. The number of aromatic amines is 1. The minimum atomic E-state index is -2.02. The largest absolute Gasteiger partial charge is 0.414 e. The smallest absolute Gasteiger partial charge is 0.330 e. The summed E-state index contributed by atoms with van der Waals surface area (Å²) >= 11 is 0. The Bertz CT molecular complexity index is 839. The molecule has 0 bridgehead atoms. The second kappa shape index (κ2) is 8.30. The summed E-state index contributed by atoms with van der Waals surface area (Å²) in [7, 11) is -2.02. The molecule has 8 nitrogen and oxygen atoms in total. The van der Waals surface area contributed by atoms with Gasteiger partial charge in [0.2, 0.25) is 5.82 Å². The molecule has 0 radical (unpaired) electrons. The van der Waals surface area contributed by atoms with E-state index in [1.165, 1.54) is 0 Å². The topological polar surface area (TPSA) is 94.9 Å². The first-order valence-corrected chi connectivity index (χ1v) is 12.2. The highest BCUT2D eigenvalue weighted by atomic mass is 28.4. The molecule has 0 spiro atoms. The van der Waals surface area contributed by atoms with Gasteiger partial charge in [0.1, 0.15) is 12.3 Å². The van der Waals surface area contributed by atoms with Gasteiger partial charge in [-0.2, -0.15) is 4.39 Å². The molecule has 0 aliphatic carbocycles. The number of nitrogens with zero attached hydrogens (tertiary/aromatic N) is 2. The van der Waals surface area contributed by atoms with E-state index in [0.29, 0.717) is 0 Å². The lowest BCUT2D eigenvalue weighted by molar-refractivity contribution is -0.0593. The standard InChI is InChI=1S/C18H30FN3O5Si/c1-11(2)21-27-13-8-15(22-9-12(19)16(23)20-17(22)24)26-14(13)10-25-28(6,7)18(3,4)5/h9,13-15H,8,10H2,1-7H3,(H,20,23,24)/t13?,14-,15-/m1/s1. The van der Waals surface area contributed by atoms with Crippen LogP contribution in [0.5, 0.6) is 0 Å². The molecule has 1 aromatic rings. The molecule has 1 N–H and O–H groups in total. The number of oxime groups is 1. The van der Waals surface area contributed by atoms with Crippen LogP contribution in [0.2, 0.25) is 18.1 Å². The maximum absolute atomic E-state index is 13.7. The minimum Gasteiger partial charge on any atom is -0.414 e. The van der Waals surface area contributed by atoms with Gasteiger partial charge >= 0.3 is 5.69 Å². The third kappa shape index (κ3) is 5.18. The van der Waals surface area contributed by atoms with Gasteiger partial charge in [0, 0.05) is 6.42 Å². The highest BCUT2D eigenvalue weighted by molar-refractivity contribution is 6.74. The highest BCUT2D eigenvalue weighted by Gasteiger charge is 2.43. The maximum Gasteiger partial charge on any atom is 0.330 e. The first-order chi connectivity index (χ1) is 12.8. The van der Waals surface area contributed by atoms with Crippen LogP contribution in [0.3, 0.4) is 0 Å². The molecule has 1 fully saturated rings. The van der Waals surface area contributed by atoms with Crippen molar-refractivity contribution in [2.75, 3.05) is 6.61 Å². The first kappa shape index (κ1) is 22.5. The number of ether oxygens (including phenoxy) is 1. The Balaban J connectivity index is 2.23. The fourth-order valence-corrected chi connectivity index (χ4v) is 3.50. The molecule has 2 heterocycles. The molecular formula is C18H30FN3O5Si. The SMILES string of the molecule is CC(C)=NOC1C[C@H](n2cc(F)c(=O)[nH]c2=O)O[C@@H]1CO[Si](C)(C)C(C)(C)C. The van der Waals surface area contributed by atoms with Crippen molar-refractivity contribution in [3.63, 3.8) is 0 Å². The summed E-state index contributed by atoms with van der Waals surface area (Å²) in [5, 5.41) is 4.03. The molecule has 1 aliphatic rings. The number of aromatic nitrogens is 2. The van der Waals surface area contributed by atoms with E-state index >= 15 is 0 Å².